The second kappa shape index (κ2) is 3.84. The summed E-state index contributed by atoms with van der Waals surface area (Å²) in [5.74, 6) is 0. The third kappa shape index (κ3) is 1.63. The van der Waals surface area contributed by atoms with Crippen molar-refractivity contribution < 1.29 is 0 Å². The maximum atomic E-state index is 3.67. The van der Waals surface area contributed by atoms with Crippen LogP contribution >= 0.6 is 38.5 Å². The Balaban J connectivity index is 2.31. The smallest absolute Gasteiger partial charge is 0.0219 e. The Hall–Kier alpha value is -0.350. The Morgan fingerprint density at radius 1 is 1.12 bits per heavy atom. The Morgan fingerprint density at radius 2 is 1.94 bits per heavy atom. The summed E-state index contributed by atoms with van der Waals surface area (Å²) in [4.78, 5) is 0. The molecule has 2 heteroatoms. The fourth-order valence-corrected chi connectivity index (χ4v) is 3.54. The van der Waals surface area contributed by atoms with E-state index in [2.05, 4.69) is 75.8 Å². The number of halogens is 2. The molecule has 3 rings (SSSR count). The Kier molecular flexibility index (Phi) is 2.59. The van der Waals surface area contributed by atoms with E-state index in [1.807, 2.05) is 0 Å². The molecule has 16 heavy (non-hydrogen) atoms. The highest BCUT2D eigenvalue weighted by Gasteiger charge is 2.20. The molecule has 0 unspecified atom stereocenters. The Morgan fingerprint density at radius 3 is 2.75 bits per heavy atom. The second-order valence-electron chi connectivity index (χ2n) is 4.25. The van der Waals surface area contributed by atoms with Gasteiger partial charge >= 0.3 is 0 Å². The van der Waals surface area contributed by atoms with Gasteiger partial charge in [0.15, 0.2) is 0 Å². The van der Waals surface area contributed by atoms with Crippen molar-refractivity contribution in [3.8, 4) is 11.1 Å². The first kappa shape index (κ1) is 10.8. The Labute approximate surface area is 117 Å². The number of hydrogen-bond acceptors (Lipinski definition) is 0. The first-order valence-corrected chi connectivity index (χ1v) is 7.10. The first-order valence-electron chi connectivity index (χ1n) is 5.23. The number of benzene rings is 2. The van der Waals surface area contributed by atoms with Gasteiger partial charge in [0.1, 0.15) is 0 Å². The Bertz CT molecular complexity index is 588. The van der Waals surface area contributed by atoms with E-state index in [-0.39, 0.29) is 0 Å². The van der Waals surface area contributed by atoms with Crippen molar-refractivity contribution in [2.24, 2.45) is 0 Å². The normalized spacial score (nSPS) is 12.4. The van der Waals surface area contributed by atoms with Crippen LogP contribution in [-0.2, 0) is 6.42 Å². The highest BCUT2D eigenvalue weighted by molar-refractivity contribution is 14.1. The van der Waals surface area contributed by atoms with Gasteiger partial charge in [0.2, 0.25) is 0 Å². The topological polar surface area (TPSA) is 0 Å². The van der Waals surface area contributed by atoms with Crippen LogP contribution in [0.3, 0.4) is 0 Å². The van der Waals surface area contributed by atoms with Crippen LogP contribution in [0, 0.1) is 10.5 Å². The number of hydrogen-bond donors (Lipinski definition) is 0. The molecular weight excluding hydrogens is 375 g/mol. The van der Waals surface area contributed by atoms with E-state index in [4.69, 9.17) is 0 Å². The fourth-order valence-electron chi connectivity index (χ4n) is 2.34. The van der Waals surface area contributed by atoms with Crippen molar-refractivity contribution in [3.05, 3.63) is 55.1 Å². The predicted octanol–water partition coefficient (Wildman–Crippen LogP) is 4.93. The molecule has 0 N–H and O–H groups in total. The van der Waals surface area contributed by atoms with Crippen molar-refractivity contribution in [2.45, 2.75) is 13.3 Å². The molecule has 0 aliphatic heterocycles. The van der Waals surface area contributed by atoms with Gasteiger partial charge < -0.3 is 0 Å². The van der Waals surface area contributed by atoms with Gasteiger partial charge in [-0.15, -0.1) is 0 Å². The van der Waals surface area contributed by atoms with Crippen LogP contribution < -0.4 is 0 Å². The zero-order valence-electron chi connectivity index (χ0n) is 8.85. The molecule has 0 heterocycles. The van der Waals surface area contributed by atoms with Crippen LogP contribution in [0.1, 0.15) is 16.7 Å². The van der Waals surface area contributed by atoms with Gasteiger partial charge in [0, 0.05) is 8.04 Å². The average molecular weight is 385 g/mol. The number of rotatable bonds is 0. The average Bonchev–Trinajstić information content (AvgIpc) is 2.57. The van der Waals surface area contributed by atoms with Crippen molar-refractivity contribution in [1.82, 2.24) is 0 Å². The van der Waals surface area contributed by atoms with Crippen molar-refractivity contribution >= 4 is 38.5 Å². The SMILES string of the molecule is Cc1cc(Br)c2c(c1)-c1cc(I)ccc1C2. The molecule has 0 saturated carbocycles. The zero-order chi connectivity index (χ0) is 11.3. The third-order valence-corrected chi connectivity index (χ3v) is 4.45. The van der Waals surface area contributed by atoms with Gasteiger partial charge in [0.25, 0.3) is 0 Å². The van der Waals surface area contributed by atoms with Crippen LogP contribution in [0.2, 0.25) is 0 Å². The summed E-state index contributed by atoms with van der Waals surface area (Å²) in [6.07, 6.45) is 1.06. The lowest BCUT2D eigenvalue weighted by atomic mass is 10.0. The highest BCUT2D eigenvalue weighted by atomic mass is 127. The van der Waals surface area contributed by atoms with Crippen molar-refractivity contribution in [3.63, 3.8) is 0 Å². The molecule has 0 nitrogen and oxygen atoms in total. The van der Waals surface area contributed by atoms with Gasteiger partial charge in [-0.3, -0.25) is 0 Å². The predicted molar refractivity (Wildman–Crippen MR) is 79.8 cm³/mol. The van der Waals surface area contributed by atoms with Crippen LogP contribution in [-0.4, -0.2) is 0 Å². The minimum Gasteiger partial charge on any atom is -0.0570 e. The molecule has 0 spiro atoms. The molecule has 0 atom stereocenters. The lowest BCUT2D eigenvalue weighted by Gasteiger charge is -2.05. The molecule has 0 saturated heterocycles. The van der Waals surface area contributed by atoms with Crippen LogP contribution in [0.15, 0.2) is 34.8 Å². The summed E-state index contributed by atoms with van der Waals surface area (Å²) in [6, 6.07) is 11.2. The fraction of sp³-hybridized carbons (Fsp3) is 0.143. The van der Waals surface area contributed by atoms with Crippen molar-refractivity contribution in [2.75, 3.05) is 0 Å². The number of aryl methyl sites for hydroxylation is 1. The molecule has 2 aromatic rings. The van der Waals surface area contributed by atoms with Gasteiger partial charge in [0.05, 0.1) is 0 Å². The molecule has 0 amide bonds. The van der Waals surface area contributed by atoms with E-state index in [0.717, 1.165) is 6.42 Å². The summed E-state index contributed by atoms with van der Waals surface area (Å²) >= 11 is 6.05. The zero-order valence-corrected chi connectivity index (χ0v) is 12.6. The molecular formula is C14H10BrI. The van der Waals surface area contributed by atoms with Crippen LogP contribution in [0.25, 0.3) is 11.1 Å². The van der Waals surface area contributed by atoms with E-state index in [1.165, 1.54) is 35.9 Å². The van der Waals surface area contributed by atoms with Gasteiger partial charge in [-0.05, 0) is 82.0 Å². The van der Waals surface area contributed by atoms with E-state index in [9.17, 15) is 0 Å². The summed E-state index contributed by atoms with van der Waals surface area (Å²) in [5, 5.41) is 0. The molecule has 2 aromatic carbocycles. The third-order valence-electron chi connectivity index (χ3n) is 3.07. The van der Waals surface area contributed by atoms with Crippen LogP contribution in [0.4, 0.5) is 0 Å². The van der Waals surface area contributed by atoms with Gasteiger partial charge in [-0.1, -0.05) is 28.1 Å². The lowest BCUT2D eigenvalue weighted by molar-refractivity contribution is 1.24. The summed E-state index contributed by atoms with van der Waals surface area (Å²) in [6.45, 7) is 2.15. The van der Waals surface area contributed by atoms with E-state index < -0.39 is 0 Å². The van der Waals surface area contributed by atoms with E-state index >= 15 is 0 Å². The standard InChI is InChI=1S/C14H10BrI/c1-8-4-12-11-7-10(16)3-2-9(11)6-13(12)14(15)5-8/h2-5,7H,6H2,1H3. The first-order chi connectivity index (χ1) is 7.65. The lowest BCUT2D eigenvalue weighted by Crippen LogP contribution is -1.84. The molecule has 0 bridgehead atoms. The van der Waals surface area contributed by atoms with Crippen LogP contribution in [0.5, 0.6) is 0 Å². The minimum atomic E-state index is 1.06. The molecule has 80 valence electrons. The number of fused-ring (bicyclic) bond motifs is 3. The maximum Gasteiger partial charge on any atom is 0.0219 e. The summed E-state index contributed by atoms with van der Waals surface area (Å²) < 4.78 is 2.55. The van der Waals surface area contributed by atoms with Gasteiger partial charge in [-0.2, -0.15) is 0 Å². The van der Waals surface area contributed by atoms with E-state index in [0.29, 0.717) is 0 Å². The minimum absolute atomic E-state index is 1.06. The second-order valence-corrected chi connectivity index (χ2v) is 6.35. The quantitative estimate of drug-likeness (QED) is 0.482. The highest BCUT2D eigenvalue weighted by Crippen LogP contribution is 2.41. The molecule has 0 aromatic heterocycles. The summed E-state index contributed by atoms with van der Waals surface area (Å²) in [7, 11) is 0. The molecule has 0 fully saturated rings. The molecule has 1 aliphatic rings. The maximum absolute atomic E-state index is 3.67. The van der Waals surface area contributed by atoms with Gasteiger partial charge in [-0.25, -0.2) is 0 Å². The summed E-state index contributed by atoms with van der Waals surface area (Å²) in [5.41, 5.74) is 7.01. The largest absolute Gasteiger partial charge is 0.0570 e. The molecule has 1 aliphatic carbocycles. The van der Waals surface area contributed by atoms with E-state index in [1.54, 1.807) is 0 Å². The van der Waals surface area contributed by atoms with Crippen molar-refractivity contribution in [1.29, 1.82) is 0 Å². The molecule has 0 radical (unpaired) electrons. The monoisotopic (exact) mass is 384 g/mol.